The van der Waals surface area contributed by atoms with Crippen LogP contribution in [0.4, 0.5) is 5.82 Å². The maximum atomic E-state index is 12.9. The number of nitrogens with one attached hydrogen (secondary N) is 1. The first-order valence-electron chi connectivity index (χ1n) is 10.9. The number of pyridine rings is 1. The molecule has 2 heterocycles. The van der Waals surface area contributed by atoms with E-state index in [2.05, 4.69) is 16.4 Å². The van der Waals surface area contributed by atoms with Gasteiger partial charge in [-0.2, -0.15) is 10.2 Å². The lowest BCUT2D eigenvalue weighted by atomic mass is 10.0. The number of anilines is 1. The Morgan fingerprint density at radius 3 is 2.58 bits per heavy atom. The van der Waals surface area contributed by atoms with E-state index in [1.165, 1.54) is 4.31 Å². The largest absolute Gasteiger partial charge is 0.437 e. The van der Waals surface area contributed by atoms with Crippen LogP contribution in [0.1, 0.15) is 53.1 Å². The van der Waals surface area contributed by atoms with E-state index in [1.54, 1.807) is 7.05 Å². The van der Waals surface area contributed by atoms with Crippen LogP contribution in [0.3, 0.4) is 0 Å². The Kier molecular flexibility index (Phi) is 6.13. The summed E-state index contributed by atoms with van der Waals surface area (Å²) in [7, 11) is -2.08. The minimum absolute atomic E-state index is 0.151. The zero-order chi connectivity index (χ0) is 23.8. The summed E-state index contributed by atoms with van der Waals surface area (Å²) in [4.78, 5) is 17.5. The highest BCUT2D eigenvalue weighted by molar-refractivity contribution is 7.92. The number of unbranched alkanes of at least 4 members (excludes halogenated alkanes) is 1. The maximum Gasteiger partial charge on any atom is 0.255 e. The monoisotopic (exact) mass is 466 g/mol. The summed E-state index contributed by atoms with van der Waals surface area (Å²) in [5.74, 6) is 0.589. The van der Waals surface area contributed by atoms with Crippen molar-refractivity contribution in [3.05, 3.63) is 47.0 Å². The number of nitrogens with zero attached hydrogens (tertiary/aromatic N) is 3. The second kappa shape index (κ2) is 8.87. The van der Waals surface area contributed by atoms with E-state index >= 15 is 0 Å². The van der Waals surface area contributed by atoms with Gasteiger partial charge in [-0.1, -0.05) is 29.8 Å². The number of aryl methyl sites for hydroxylation is 1. The molecule has 3 aromatic rings. The molecule has 0 unspecified atom stereocenters. The zero-order valence-electron chi connectivity index (χ0n) is 18.9. The highest BCUT2D eigenvalue weighted by Crippen LogP contribution is 2.46. The van der Waals surface area contributed by atoms with Crippen molar-refractivity contribution in [2.75, 3.05) is 24.2 Å². The van der Waals surface area contributed by atoms with Crippen molar-refractivity contribution < 1.29 is 17.6 Å². The fraction of sp³-hybridized carbons (Fsp3) is 0.375. The summed E-state index contributed by atoms with van der Waals surface area (Å²) in [6, 6.07) is 11.5. The Balaban J connectivity index is 1.95. The Morgan fingerprint density at radius 2 is 2.00 bits per heavy atom. The third-order valence-corrected chi connectivity index (χ3v) is 6.92. The second-order valence-electron chi connectivity index (χ2n) is 8.38. The Bertz CT molecular complexity index is 1350. The van der Waals surface area contributed by atoms with Crippen molar-refractivity contribution in [1.82, 2.24) is 10.3 Å². The molecule has 1 amide bonds. The number of rotatable bonds is 8. The quantitative estimate of drug-likeness (QED) is 0.500. The van der Waals surface area contributed by atoms with Crippen molar-refractivity contribution in [3.63, 3.8) is 0 Å². The third-order valence-electron chi connectivity index (χ3n) is 5.76. The molecule has 1 aliphatic carbocycles. The van der Waals surface area contributed by atoms with Gasteiger partial charge in [0, 0.05) is 25.6 Å². The molecular formula is C24H26N4O4S. The SMILES string of the molecule is CNC(=O)c1c(-c2ccc(C)cc2)oc2nc(N(CCCC#N)S(C)(=O)=O)c(C3CC3)cc12. The number of benzene rings is 1. The molecule has 33 heavy (non-hydrogen) atoms. The van der Waals surface area contributed by atoms with Gasteiger partial charge in [0.25, 0.3) is 5.91 Å². The number of furan rings is 1. The first-order chi connectivity index (χ1) is 15.7. The molecule has 2 aromatic heterocycles. The Hall–Kier alpha value is -3.38. The topological polar surface area (TPSA) is 116 Å². The van der Waals surface area contributed by atoms with E-state index in [1.807, 2.05) is 37.3 Å². The van der Waals surface area contributed by atoms with Gasteiger partial charge in [-0.3, -0.25) is 9.10 Å². The average Bonchev–Trinajstić information content (AvgIpc) is 3.55. The highest BCUT2D eigenvalue weighted by atomic mass is 32.2. The lowest BCUT2D eigenvalue weighted by Crippen LogP contribution is -2.32. The molecule has 0 bridgehead atoms. The summed E-state index contributed by atoms with van der Waals surface area (Å²) in [6.07, 6.45) is 3.62. The summed E-state index contributed by atoms with van der Waals surface area (Å²) in [5, 5.41) is 12.1. The van der Waals surface area contributed by atoms with Crippen molar-refractivity contribution in [1.29, 1.82) is 5.26 Å². The number of nitriles is 1. The number of sulfonamides is 1. The Morgan fingerprint density at radius 1 is 1.30 bits per heavy atom. The number of carbonyl (C=O) groups is 1. The third kappa shape index (κ3) is 4.57. The Labute approximate surface area is 193 Å². The van der Waals surface area contributed by atoms with Crippen LogP contribution in [-0.2, 0) is 10.0 Å². The van der Waals surface area contributed by atoms with Gasteiger partial charge in [-0.15, -0.1) is 0 Å². The summed E-state index contributed by atoms with van der Waals surface area (Å²) in [6.45, 7) is 2.13. The van der Waals surface area contributed by atoms with Crippen molar-refractivity contribution in [2.24, 2.45) is 0 Å². The smallest absolute Gasteiger partial charge is 0.255 e. The molecule has 1 fully saturated rings. The minimum atomic E-state index is -3.64. The van der Waals surface area contributed by atoms with Gasteiger partial charge in [-0.05, 0) is 43.7 Å². The normalized spacial score (nSPS) is 13.6. The lowest BCUT2D eigenvalue weighted by molar-refractivity contribution is 0.0964. The van der Waals surface area contributed by atoms with E-state index in [0.29, 0.717) is 28.9 Å². The zero-order valence-corrected chi connectivity index (χ0v) is 19.7. The number of aromatic nitrogens is 1. The molecule has 9 heteroatoms. The molecule has 0 aliphatic heterocycles. The summed E-state index contributed by atoms with van der Waals surface area (Å²) in [5.41, 5.74) is 3.19. The number of hydrogen-bond acceptors (Lipinski definition) is 6. The minimum Gasteiger partial charge on any atom is -0.437 e. The van der Waals surface area contributed by atoms with Gasteiger partial charge >= 0.3 is 0 Å². The van der Waals surface area contributed by atoms with Crippen LogP contribution < -0.4 is 9.62 Å². The number of fused-ring (bicyclic) bond motifs is 1. The predicted molar refractivity (Wildman–Crippen MR) is 127 cm³/mol. The first-order valence-corrected chi connectivity index (χ1v) is 12.7. The standard InChI is InChI=1S/C24H26N4O4S/c1-15-6-8-17(9-7-15)21-20(23(29)26-2)19-14-18(16-10-11-16)22(27-24(19)32-21)28(33(3,30)31)13-5-4-12-25/h6-9,14,16H,4-5,10-11,13H2,1-3H3,(H,26,29). The van der Waals surface area contributed by atoms with Crippen LogP contribution in [0.15, 0.2) is 34.7 Å². The molecule has 172 valence electrons. The second-order valence-corrected chi connectivity index (χ2v) is 10.3. The molecule has 1 N–H and O–H groups in total. The van der Waals surface area contributed by atoms with Gasteiger partial charge in [0.2, 0.25) is 15.7 Å². The molecule has 1 aromatic carbocycles. The van der Waals surface area contributed by atoms with Crippen molar-refractivity contribution in [2.45, 2.75) is 38.5 Å². The molecule has 0 spiro atoms. The number of carbonyl (C=O) groups excluding carboxylic acids is 1. The average molecular weight is 467 g/mol. The number of hydrogen-bond donors (Lipinski definition) is 1. The molecule has 4 rings (SSSR count). The van der Waals surface area contributed by atoms with Crippen LogP contribution in [0.2, 0.25) is 0 Å². The molecule has 0 atom stereocenters. The van der Waals surface area contributed by atoms with Crippen LogP contribution in [-0.4, -0.2) is 39.2 Å². The van der Waals surface area contributed by atoms with Crippen LogP contribution >= 0.6 is 0 Å². The molecule has 1 aliphatic rings. The van der Waals surface area contributed by atoms with Crippen LogP contribution in [0, 0.1) is 18.3 Å². The van der Waals surface area contributed by atoms with Gasteiger partial charge in [0.1, 0.15) is 11.6 Å². The predicted octanol–water partition coefficient (Wildman–Crippen LogP) is 4.11. The fourth-order valence-electron chi connectivity index (χ4n) is 3.91. The van der Waals surface area contributed by atoms with Crippen molar-refractivity contribution >= 4 is 32.8 Å². The van der Waals surface area contributed by atoms with Gasteiger partial charge in [-0.25, -0.2) is 8.42 Å². The van der Waals surface area contributed by atoms with E-state index < -0.39 is 10.0 Å². The van der Waals surface area contributed by atoms with E-state index in [4.69, 9.17) is 9.68 Å². The van der Waals surface area contributed by atoms with Gasteiger partial charge < -0.3 is 9.73 Å². The molecule has 1 saturated carbocycles. The fourth-order valence-corrected chi connectivity index (χ4v) is 4.83. The maximum absolute atomic E-state index is 12.9. The van der Waals surface area contributed by atoms with Crippen LogP contribution in [0.25, 0.3) is 22.4 Å². The van der Waals surface area contributed by atoms with Crippen molar-refractivity contribution in [3.8, 4) is 17.4 Å². The van der Waals surface area contributed by atoms with E-state index in [-0.39, 0.29) is 30.5 Å². The number of amides is 1. The lowest BCUT2D eigenvalue weighted by Gasteiger charge is -2.23. The van der Waals surface area contributed by atoms with Crippen LogP contribution in [0.5, 0.6) is 0 Å². The van der Waals surface area contributed by atoms with Gasteiger partial charge in [0.15, 0.2) is 0 Å². The molecule has 0 radical (unpaired) electrons. The van der Waals surface area contributed by atoms with E-state index in [0.717, 1.165) is 35.8 Å². The molecular weight excluding hydrogens is 440 g/mol. The summed E-state index contributed by atoms with van der Waals surface area (Å²) < 4.78 is 32.6. The van der Waals surface area contributed by atoms with Gasteiger partial charge in [0.05, 0.1) is 23.3 Å². The van der Waals surface area contributed by atoms with E-state index in [9.17, 15) is 13.2 Å². The summed E-state index contributed by atoms with van der Waals surface area (Å²) >= 11 is 0. The molecule has 0 saturated heterocycles. The molecule has 8 nitrogen and oxygen atoms in total. The highest BCUT2D eigenvalue weighted by Gasteiger charge is 2.34. The first kappa shape index (κ1) is 22.8.